The first-order valence-corrected chi connectivity index (χ1v) is 13.7. The van der Waals surface area contributed by atoms with Crippen molar-refractivity contribution in [2.45, 2.75) is 84.3 Å². The molecular formula is C31H40N2O5. The molecule has 0 aromatic heterocycles. The molecule has 7 nitrogen and oxygen atoms in total. The Morgan fingerprint density at radius 1 is 1.05 bits per heavy atom. The topological polar surface area (TPSA) is 76.2 Å². The summed E-state index contributed by atoms with van der Waals surface area (Å²) >= 11 is 0. The molecule has 1 atom stereocenters. The number of ketones is 1. The third-order valence-corrected chi connectivity index (χ3v) is 7.29. The number of rotatable bonds is 10. The van der Waals surface area contributed by atoms with E-state index in [2.05, 4.69) is 0 Å². The lowest BCUT2D eigenvalue weighted by Gasteiger charge is -2.32. The van der Waals surface area contributed by atoms with Crippen molar-refractivity contribution in [1.29, 1.82) is 0 Å². The fourth-order valence-corrected chi connectivity index (χ4v) is 5.44. The Morgan fingerprint density at radius 3 is 2.47 bits per heavy atom. The van der Waals surface area contributed by atoms with Gasteiger partial charge in [0.2, 0.25) is 5.91 Å². The van der Waals surface area contributed by atoms with Crippen LogP contribution in [0, 0.1) is 0 Å². The number of Topliss-reactive ketones (excluding diaryl/α,β-unsaturated/α-hetero) is 1. The number of nitrogens with zero attached hydrogens (tertiary/aromatic N) is 2. The molecule has 2 heterocycles. The standard InChI is InChI=1S/C31H40N2O5/c1-21(18-22-10-6-7-12-27(22)37-5)32(30(36)38-31(2,3)4)16-9-8-11-26(34)25-19-23-13-14-28(35)33-17-15-24(20-25)29(23)33/h6-7,10,12,19-21H,8-9,11,13-18H2,1-5H3. The van der Waals surface area contributed by atoms with E-state index in [4.69, 9.17) is 9.47 Å². The Morgan fingerprint density at radius 2 is 1.76 bits per heavy atom. The number of hydrogen-bond donors (Lipinski definition) is 0. The highest BCUT2D eigenvalue weighted by Gasteiger charge is 2.32. The van der Waals surface area contributed by atoms with E-state index in [1.807, 2.05) is 69.0 Å². The number of unbranched alkanes of at least 4 members (excludes halogenated alkanes) is 1. The number of para-hydroxylation sites is 1. The van der Waals surface area contributed by atoms with Crippen LogP contribution in [0.3, 0.4) is 0 Å². The van der Waals surface area contributed by atoms with E-state index in [-0.39, 0.29) is 23.8 Å². The lowest BCUT2D eigenvalue weighted by atomic mass is 9.94. The van der Waals surface area contributed by atoms with Gasteiger partial charge in [0.25, 0.3) is 0 Å². The van der Waals surface area contributed by atoms with Crippen molar-refractivity contribution < 1.29 is 23.9 Å². The number of carbonyl (C=O) groups excluding carboxylic acids is 3. The van der Waals surface area contributed by atoms with Gasteiger partial charge in [0, 0.05) is 37.5 Å². The molecule has 0 saturated heterocycles. The summed E-state index contributed by atoms with van der Waals surface area (Å²) in [6.45, 7) is 8.84. The Bertz CT molecular complexity index is 1200. The molecule has 0 N–H and O–H groups in total. The third-order valence-electron chi connectivity index (χ3n) is 7.29. The van der Waals surface area contributed by atoms with E-state index in [1.165, 1.54) is 0 Å². The number of methoxy groups -OCH3 is 1. The first kappa shape index (κ1) is 27.7. The van der Waals surface area contributed by atoms with Crippen LogP contribution in [0.4, 0.5) is 10.5 Å². The SMILES string of the molecule is COc1ccccc1CC(C)N(CCCCC(=O)c1cc2c3c(c1)CCN3C(=O)CC2)C(=O)OC(C)(C)C. The number of carbonyl (C=O) groups is 3. The fourth-order valence-electron chi connectivity index (χ4n) is 5.44. The van der Waals surface area contributed by atoms with Crippen molar-refractivity contribution >= 4 is 23.5 Å². The van der Waals surface area contributed by atoms with Crippen LogP contribution >= 0.6 is 0 Å². The van der Waals surface area contributed by atoms with Crippen LogP contribution in [0.1, 0.15) is 80.4 Å². The summed E-state index contributed by atoms with van der Waals surface area (Å²) in [6.07, 6.45) is 4.11. The molecule has 204 valence electrons. The van der Waals surface area contributed by atoms with Gasteiger partial charge in [-0.3, -0.25) is 9.59 Å². The van der Waals surface area contributed by atoms with Crippen molar-refractivity contribution in [3.8, 4) is 5.75 Å². The molecule has 2 aromatic carbocycles. The van der Waals surface area contributed by atoms with E-state index in [0.29, 0.717) is 51.6 Å². The maximum atomic E-state index is 13.1. The van der Waals surface area contributed by atoms with Crippen LogP contribution in [0.15, 0.2) is 36.4 Å². The first-order valence-electron chi connectivity index (χ1n) is 13.7. The monoisotopic (exact) mass is 520 g/mol. The van der Waals surface area contributed by atoms with Crippen LogP contribution in [-0.2, 0) is 28.8 Å². The van der Waals surface area contributed by atoms with E-state index in [0.717, 1.165) is 40.1 Å². The van der Waals surface area contributed by atoms with Gasteiger partial charge < -0.3 is 19.3 Å². The molecule has 4 rings (SSSR count). The van der Waals surface area contributed by atoms with Gasteiger partial charge in [-0.15, -0.1) is 0 Å². The van der Waals surface area contributed by atoms with Gasteiger partial charge in [0.05, 0.1) is 12.8 Å². The number of benzene rings is 2. The van der Waals surface area contributed by atoms with Crippen LogP contribution < -0.4 is 9.64 Å². The lowest BCUT2D eigenvalue weighted by Crippen LogP contribution is -2.43. The predicted molar refractivity (Wildman–Crippen MR) is 148 cm³/mol. The quantitative estimate of drug-likeness (QED) is 0.294. The van der Waals surface area contributed by atoms with Crippen molar-refractivity contribution in [3.05, 3.63) is 58.7 Å². The van der Waals surface area contributed by atoms with Gasteiger partial charge in [0.15, 0.2) is 5.78 Å². The molecule has 0 aliphatic carbocycles. The largest absolute Gasteiger partial charge is 0.496 e. The van der Waals surface area contributed by atoms with Gasteiger partial charge in [0.1, 0.15) is 11.4 Å². The minimum atomic E-state index is -0.594. The molecule has 2 aliphatic rings. The Kier molecular flexibility index (Phi) is 8.44. The van der Waals surface area contributed by atoms with E-state index >= 15 is 0 Å². The summed E-state index contributed by atoms with van der Waals surface area (Å²) in [5.41, 5.74) is 4.44. The Labute approximate surface area is 226 Å². The molecule has 0 bridgehead atoms. The zero-order chi connectivity index (χ0) is 27.4. The van der Waals surface area contributed by atoms with Crippen molar-refractivity contribution in [2.75, 3.05) is 25.1 Å². The van der Waals surface area contributed by atoms with E-state index in [9.17, 15) is 14.4 Å². The zero-order valence-electron chi connectivity index (χ0n) is 23.3. The molecular weight excluding hydrogens is 480 g/mol. The second-order valence-electron chi connectivity index (χ2n) is 11.4. The maximum absolute atomic E-state index is 13.1. The number of hydrogen-bond acceptors (Lipinski definition) is 5. The lowest BCUT2D eigenvalue weighted by molar-refractivity contribution is -0.118. The Hall–Kier alpha value is -3.35. The zero-order valence-corrected chi connectivity index (χ0v) is 23.3. The Balaban J connectivity index is 1.38. The molecule has 2 amide bonds. The van der Waals surface area contributed by atoms with E-state index < -0.39 is 5.60 Å². The highest BCUT2D eigenvalue weighted by atomic mass is 16.6. The smallest absolute Gasteiger partial charge is 0.410 e. The average Bonchev–Trinajstić information content (AvgIpc) is 3.30. The highest BCUT2D eigenvalue weighted by Crippen LogP contribution is 2.37. The van der Waals surface area contributed by atoms with Gasteiger partial charge in [-0.2, -0.15) is 0 Å². The molecule has 0 saturated carbocycles. The summed E-state index contributed by atoms with van der Waals surface area (Å²) < 4.78 is 11.2. The number of ether oxygens (including phenoxy) is 2. The number of anilines is 1. The van der Waals surface area contributed by atoms with Crippen LogP contribution in [0.25, 0.3) is 0 Å². The fraction of sp³-hybridized carbons (Fsp3) is 0.516. The molecule has 0 spiro atoms. The van der Waals surface area contributed by atoms with Gasteiger partial charge in [-0.1, -0.05) is 18.2 Å². The first-order chi connectivity index (χ1) is 18.1. The molecule has 0 radical (unpaired) electrons. The average molecular weight is 521 g/mol. The minimum Gasteiger partial charge on any atom is -0.496 e. The predicted octanol–water partition coefficient (Wildman–Crippen LogP) is 5.75. The van der Waals surface area contributed by atoms with E-state index in [1.54, 1.807) is 12.0 Å². The molecule has 2 aliphatic heterocycles. The molecule has 7 heteroatoms. The summed E-state index contributed by atoms with van der Waals surface area (Å²) in [5.74, 6) is 1.10. The second kappa shape index (κ2) is 11.6. The van der Waals surface area contributed by atoms with Gasteiger partial charge in [-0.25, -0.2) is 4.79 Å². The summed E-state index contributed by atoms with van der Waals surface area (Å²) in [6, 6.07) is 11.7. The normalized spacial score (nSPS) is 15.2. The second-order valence-corrected chi connectivity index (χ2v) is 11.4. The summed E-state index contributed by atoms with van der Waals surface area (Å²) in [5, 5.41) is 0. The number of aryl methyl sites for hydroxylation is 1. The minimum absolute atomic E-state index is 0.104. The van der Waals surface area contributed by atoms with Crippen molar-refractivity contribution in [3.63, 3.8) is 0 Å². The van der Waals surface area contributed by atoms with Crippen LogP contribution in [0.2, 0.25) is 0 Å². The summed E-state index contributed by atoms with van der Waals surface area (Å²) in [4.78, 5) is 42.0. The third kappa shape index (κ3) is 6.37. The molecule has 1 unspecified atom stereocenters. The highest BCUT2D eigenvalue weighted by molar-refractivity contribution is 6.02. The van der Waals surface area contributed by atoms with Crippen molar-refractivity contribution in [1.82, 2.24) is 4.90 Å². The molecule has 2 aromatic rings. The number of amides is 2. The van der Waals surface area contributed by atoms with Crippen molar-refractivity contribution in [2.24, 2.45) is 0 Å². The molecule has 38 heavy (non-hydrogen) atoms. The molecule has 0 fully saturated rings. The summed E-state index contributed by atoms with van der Waals surface area (Å²) in [7, 11) is 1.65. The van der Waals surface area contributed by atoms with Crippen LogP contribution in [0.5, 0.6) is 5.75 Å². The van der Waals surface area contributed by atoms with Gasteiger partial charge >= 0.3 is 6.09 Å². The van der Waals surface area contributed by atoms with Gasteiger partial charge in [-0.05, 0) is 94.7 Å². The maximum Gasteiger partial charge on any atom is 0.410 e. The van der Waals surface area contributed by atoms with Crippen LogP contribution in [-0.4, -0.2) is 54.5 Å².